The minimum absolute atomic E-state index is 0.0298. The maximum Gasteiger partial charge on any atom is 0.256 e. The molecule has 1 amide bonds. The Labute approximate surface area is 111 Å². The number of amides is 1. The number of aliphatic hydroxyl groups excluding tert-OH is 1. The van der Waals surface area contributed by atoms with Crippen molar-refractivity contribution in [3.05, 3.63) is 29.2 Å². The third-order valence-corrected chi connectivity index (χ3v) is 2.95. The average molecular weight is 262 g/mol. The largest absolute Gasteiger partial charge is 0.396 e. The van der Waals surface area contributed by atoms with Crippen LogP contribution in [0.5, 0.6) is 0 Å². The second kappa shape index (κ2) is 5.36. The summed E-state index contributed by atoms with van der Waals surface area (Å²) in [4.78, 5) is 16.4. The van der Waals surface area contributed by atoms with E-state index in [2.05, 4.69) is 15.4 Å². The number of hydrogen-bond donors (Lipinski definition) is 2. The number of nitrogens with zero attached hydrogens (tertiary/aromatic N) is 3. The van der Waals surface area contributed by atoms with Crippen molar-refractivity contribution in [2.45, 2.75) is 20.8 Å². The zero-order valence-corrected chi connectivity index (χ0v) is 11.3. The second-order valence-electron chi connectivity index (χ2n) is 4.83. The van der Waals surface area contributed by atoms with E-state index < -0.39 is 0 Å². The fraction of sp³-hybridized carbons (Fsp3) is 0.462. The molecule has 19 heavy (non-hydrogen) atoms. The molecule has 1 atom stereocenters. The smallest absolute Gasteiger partial charge is 0.256 e. The van der Waals surface area contributed by atoms with E-state index in [0.29, 0.717) is 17.8 Å². The quantitative estimate of drug-likeness (QED) is 0.850. The highest BCUT2D eigenvalue weighted by Crippen LogP contribution is 2.11. The van der Waals surface area contributed by atoms with Crippen molar-refractivity contribution in [1.82, 2.24) is 19.9 Å². The molecule has 2 aromatic heterocycles. The minimum Gasteiger partial charge on any atom is -0.396 e. The number of aliphatic hydroxyl groups is 1. The topological polar surface area (TPSA) is 79.5 Å². The molecule has 2 N–H and O–H groups in total. The summed E-state index contributed by atoms with van der Waals surface area (Å²) < 4.78 is 1.65. The standard InChI is InChI=1S/C13H18N4O2/c1-8(7-18)5-14-13(19)11-6-15-17-10(3)4-9(2)16-12(11)17/h4,6,8,18H,5,7H2,1-3H3,(H,14,19). The van der Waals surface area contributed by atoms with Crippen molar-refractivity contribution in [3.63, 3.8) is 0 Å². The van der Waals surface area contributed by atoms with Crippen molar-refractivity contribution in [2.24, 2.45) is 5.92 Å². The Hall–Kier alpha value is -1.95. The van der Waals surface area contributed by atoms with Crippen molar-refractivity contribution < 1.29 is 9.90 Å². The summed E-state index contributed by atoms with van der Waals surface area (Å²) in [7, 11) is 0. The molecule has 2 aromatic rings. The lowest BCUT2D eigenvalue weighted by atomic mass is 10.2. The number of hydrogen-bond acceptors (Lipinski definition) is 4. The predicted octanol–water partition coefficient (Wildman–Crippen LogP) is 0.704. The maximum atomic E-state index is 12.1. The Morgan fingerprint density at radius 1 is 1.53 bits per heavy atom. The Kier molecular flexibility index (Phi) is 3.80. The van der Waals surface area contributed by atoms with E-state index in [1.807, 2.05) is 26.8 Å². The molecule has 0 aromatic carbocycles. The van der Waals surface area contributed by atoms with Gasteiger partial charge in [-0.05, 0) is 25.8 Å². The molecular formula is C13H18N4O2. The van der Waals surface area contributed by atoms with Crippen LogP contribution in [-0.2, 0) is 0 Å². The lowest BCUT2D eigenvalue weighted by molar-refractivity contribution is 0.0944. The second-order valence-corrected chi connectivity index (χ2v) is 4.83. The molecule has 6 heteroatoms. The molecule has 0 saturated carbocycles. The molecule has 0 saturated heterocycles. The van der Waals surface area contributed by atoms with Crippen LogP contribution in [0.3, 0.4) is 0 Å². The Morgan fingerprint density at radius 3 is 2.95 bits per heavy atom. The van der Waals surface area contributed by atoms with Crippen LogP contribution in [0.15, 0.2) is 12.3 Å². The first-order valence-corrected chi connectivity index (χ1v) is 6.24. The van der Waals surface area contributed by atoms with E-state index >= 15 is 0 Å². The van der Waals surface area contributed by atoms with Gasteiger partial charge in [0.25, 0.3) is 5.91 Å². The zero-order valence-electron chi connectivity index (χ0n) is 11.3. The van der Waals surface area contributed by atoms with Crippen LogP contribution in [-0.4, -0.2) is 38.8 Å². The summed E-state index contributed by atoms with van der Waals surface area (Å²) in [6.07, 6.45) is 1.52. The van der Waals surface area contributed by atoms with Crippen LogP contribution in [0.1, 0.15) is 28.7 Å². The summed E-state index contributed by atoms with van der Waals surface area (Å²) in [6, 6.07) is 1.91. The molecule has 1 unspecified atom stereocenters. The number of fused-ring (bicyclic) bond motifs is 1. The van der Waals surface area contributed by atoms with E-state index in [9.17, 15) is 4.79 Å². The first kappa shape index (κ1) is 13.5. The van der Waals surface area contributed by atoms with Gasteiger partial charge in [-0.3, -0.25) is 4.79 Å². The number of carbonyl (C=O) groups excluding carboxylic acids is 1. The lowest BCUT2D eigenvalue weighted by Gasteiger charge is -2.08. The summed E-state index contributed by atoms with van der Waals surface area (Å²) in [6.45, 7) is 6.14. The maximum absolute atomic E-state index is 12.1. The molecule has 2 rings (SSSR count). The van der Waals surface area contributed by atoms with Gasteiger partial charge in [-0.25, -0.2) is 9.50 Å². The molecule has 0 spiro atoms. The first-order valence-electron chi connectivity index (χ1n) is 6.24. The molecule has 0 aliphatic heterocycles. The normalized spacial score (nSPS) is 12.6. The highest BCUT2D eigenvalue weighted by Gasteiger charge is 2.15. The van der Waals surface area contributed by atoms with Crippen LogP contribution in [0.25, 0.3) is 5.65 Å². The number of aryl methyl sites for hydroxylation is 2. The van der Waals surface area contributed by atoms with Gasteiger partial charge in [-0.2, -0.15) is 5.10 Å². The van der Waals surface area contributed by atoms with Crippen molar-refractivity contribution in [1.29, 1.82) is 0 Å². The van der Waals surface area contributed by atoms with Crippen molar-refractivity contribution >= 4 is 11.6 Å². The van der Waals surface area contributed by atoms with Crippen molar-refractivity contribution in [3.8, 4) is 0 Å². The predicted molar refractivity (Wildman–Crippen MR) is 71.0 cm³/mol. The van der Waals surface area contributed by atoms with E-state index in [-0.39, 0.29) is 18.4 Å². The van der Waals surface area contributed by atoms with Crippen LogP contribution in [0, 0.1) is 19.8 Å². The van der Waals surface area contributed by atoms with Crippen molar-refractivity contribution in [2.75, 3.05) is 13.2 Å². The first-order chi connectivity index (χ1) is 9.02. The number of nitrogens with one attached hydrogen (secondary N) is 1. The van der Waals surface area contributed by atoms with Gasteiger partial charge >= 0.3 is 0 Å². The van der Waals surface area contributed by atoms with E-state index in [1.165, 1.54) is 6.20 Å². The van der Waals surface area contributed by atoms with Gasteiger partial charge in [0, 0.05) is 24.5 Å². The van der Waals surface area contributed by atoms with Crippen LogP contribution in [0.2, 0.25) is 0 Å². The van der Waals surface area contributed by atoms with Crippen LogP contribution >= 0.6 is 0 Å². The average Bonchev–Trinajstić information content (AvgIpc) is 2.79. The fourth-order valence-corrected chi connectivity index (χ4v) is 1.86. The fourth-order valence-electron chi connectivity index (χ4n) is 1.86. The summed E-state index contributed by atoms with van der Waals surface area (Å²) >= 11 is 0. The van der Waals surface area contributed by atoms with Gasteiger partial charge in [-0.1, -0.05) is 6.92 Å². The van der Waals surface area contributed by atoms with Gasteiger partial charge in [0.1, 0.15) is 5.56 Å². The monoisotopic (exact) mass is 262 g/mol. The zero-order chi connectivity index (χ0) is 14.0. The Bertz CT molecular complexity index is 606. The highest BCUT2D eigenvalue weighted by atomic mass is 16.3. The minimum atomic E-state index is -0.215. The molecular weight excluding hydrogens is 244 g/mol. The van der Waals surface area contributed by atoms with Gasteiger partial charge in [-0.15, -0.1) is 0 Å². The molecule has 2 heterocycles. The molecule has 0 aliphatic rings. The molecule has 0 aliphatic carbocycles. The third-order valence-electron chi connectivity index (χ3n) is 2.95. The summed E-state index contributed by atoms with van der Waals surface area (Å²) in [5, 5.41) is 15.9. The van der Waals surface area contributed by atoms with Crippen LogP contribution in [0.4, 0.5) is 0 Å². The number of aromatic nitrogens is 3. The van der Waals surface area contributed by atoms with Gasteiger partial charge in [0.15, 0.2) is 5.65 Å². The highest BCUT2D eigenvalue weighted by molar-refractivity contribution is 5.99. The molecule has 0 radical (unpaired) electrons. The van der Waals surface area contributed by atoms with E-state index in [4.69, 9.17) is 5.11 Å². The van der Waals surface area contributed by atoms with Gasteiger partial charge in [0.2, 0.25) is 0 Å². The number of carbonyl (C=O) groups is 1. The Balaban J connectivity index is 2.28. The Morgan fingerprint density at radius 2 is 2.26 bits per heavy atom. The van der Waals surface area contributed by atoms with Gasteiger partial charge < -0.3 is 10.4 Å². The van der Waals surface area contributed by atoms with Gasteiger partial charge in [0.05, 0.1) is 6.20 Å². The summed E-state index contributed by atoms with van der Waals surface area (Å²) in [5.41, 5.74) is 2.80. The summed E-state index contributed by atoms with van der Waals surface area (Å²) in [5.74, 6) is -0.185. The molecule has 0 fully saturated rings. The third kappa shape index (κ3) is 2.73. The van der Waals surface area contributed by atoms with E-state index in [0.717, 1.165) is 11.4 Å². The lowest BCUT2D eigenvalue weighted by Crippen LogP contribution is -2.29. The molecule has 102 valence electrons. The SMILES string of the molecule is Cc1cc(C)n2ncc(C(=O)NCC(C)CO)c2n1. The van der Waals surface area contributed by atoms with E-state index in [1.54, 1.807) is 4.52 Å². The molecule has 6 nitrogen and oxygen atoms in total. The number of rotatable bonds is 4. The van der Waals surface area contributed by atoms with Crippen LogP contribution < -0.4 is 5.32 Å². The molecule has 0 bridgehead atoms.